The van der Waals surface area contributed by atoms with Crippen molar-refractivity contribution in [3.63, 3.8) is 0 Å². The Morgan fingerprint density at radius 3 is 2.90 bits per heavy atom. The normalized spacial score (nSPS) is 10.8. The molecule has 5 nitrogen and oxygen atoms in total. The number of methoxy groups -OCH3 is 1. The van der Waals surface area contributed by atoms with Gasteiger partial charge in [-0.3, -0.25) is 4.79 Å². The van der Waals surface area contributed by atoms with Crippen molar-refractivity contribution in [2.24, 2.45) is 0 Å². The number of nitrogens with zero attached hydrogens (tertiary/aromatic N) is 1. The van der Waals surface area contributed by atoms with E-state index in [-0.39, 0.29) is 5.57 Å². The maximum absolute atomic E-state index is 11.6. The maximum Gasteiger partial charge on any atom is 0.263 e. The smallest absolute Gasteiger partial charge is 0.263 e. The molecule has 1 rings (SSSR count). The molecule has 0 radical (unpaired) electrons. The van der Waals surface area contributed by atoms with E-state index in [0.717, 1.165) is 5.56 Å². The molecule has 0 unspecified atom stereocenters. The predicted molar refractivity (Wildman–Crippen MR) is 76.9 cm³/mol. The van der Waals surface area contributed by atoms with Crippen LogP contribution in [-0.2, 0) is 16.1 Å². The molecular weight excluding hydrogens is 278 g/mol. The molecule has 0 heterocycles. The van der Waals surface area contributed by atoms with Crippen LogP contribution in [0.5, 0.6) is 0 Å². The van der Waals surface area contributed by atoms with Gasteiger partial charge in [0.25, 0.3) is 5.91 Å². The van der Waals surface area contributed by atoms with Gasteiger partial charge >= 0.3 is 0 Å². The summed E-state index contributed by atoms with van der Waals surface area (Å²) in [6.45, 7) is 1.20. The van der Waals surface area contributed by atoms with Gasteiger partial charge in [0.2, 0.25) is 0 Å². The first kappa shape index (κ1) is 16.0. The van der Waals surface area contributed by atoms with Crippen molar-refractivity contribution in [3.8, 4) is 6.07 Å². The Hall–Kier alpha value is -2.03. The lowest BCUT2D eigenvalue weighted by Gasteiger charge is -2.05. The van der Waals surface area contributed by atoms with Crippen LogP contribution >= 0.6 is 11.6 Å². The van der Waals surface area contributed by atoms with Crippen molar-refractivity contribution in [1.29, 1.82) is 5.26 Å². The first-order valence-corrected chi connectivity index (χ1v) is 6.41. The summed E-state index contributed by atoms with van der Waals surface area (Å²) >= 11 is 6.00. The van der Waals surface area contributed by atoms with Gasteiger partial charge in [0, 0.05) is 31.4 Å². The number of benzene rings is 1. The van der Waals surface area contributed by atoms with Crippen LogP contribution in [0.1, 0.15) is 5.56 Å². The monoisotopic (exact) mass is 293 g/mol. The third kappa shape index (κ3) is 5.31. The number of amides is 1. The lowest BCUT2D eigenvalue weighted by atomic mass is 10.2. The second-order valence-corrected chi connectivity index (χ2v) is 4.30. The van der Waals surface area contributed by atoms with Gasteiger partial charge in [0.1, 0.15) is 11.6 Å². The van der Waals surface area contributed by atoms with Crippen LogP contribution in [0.2, 0.25) is 5.02 Å². The van der Waals surface area contributed by atoms with Gasteiger partial charge in [-0.25, -0.2) is 0 Å². The Morgan fingerprint density at radius 1 is 1.50 bits per heavy atom. The van der Waals surface area contributed by atoms with Gasteiger partial charge in [0.15, 0.2) is 0 Å². The molecule has 0 aliphatic carbocycles. The molecule has 0 bridgehead atoms. The Morgan fingerprint density at radius 2 is 2.25 bits per heavy atom. The van der Waals surface area contributed by atoms with Crippen molar-refractivity contribution in [2.45, 2.75) is 6.54 Å². The minimum Gasteiger partial charge on any atom is -0.386 e. The first-order chi connectivity index (χ1) is 9.69. The zero-order valence-electron chi connectivity index (χ0n) is 11.1. The highest BCUT2D eigenvalue weighted by Crippen LogP contribution is 2.14. The van der Waals surface area contributed by atoms with Crippen LogP contribution in [0, 0.1) is 11.3 Å². The highest BCUT2D eigenvalue weighted by Gasteiger charge is 2.07. The number of carbonyl (C=O) groups excluding carboxylic acids is 1. The number of hydrogen-bond donors (Lipinski definition) is 2. The van der Waals surface area contributed by atoms with E-state index in [4.69, 9.17) is 21.6 Å². The Labute approximate surface area is 123 Å². The van der Waals surface area contributed by atoms with Crippen LogP contribution in [0.25, 0.3) is 0 Å². The van der Waals surface area contributed by atoms with Crippen molar-refractivity contribution in [2.75, 3.05) is 20.3 Å². The molecule has 0 aliphatic rings. The fourth-order valence-electron chi connectivity index (χ4n) is 1.42. The zero-order chi connectivity index (χ0) is 14.8. The average Bonchev–Trinajstić information content (AvgIpc) is 2.45. The summed E-state index contributed by atoms with van der Waals surface area (Å²) in [5.74, 6) is -0.434. The molecule has 1 amide bonds. The number of hydrogen-bond acceptors (Lipinski definition) is 4. The van der Waals surface area contributed by atoms with Gasteiger partial charge < -0.3 is 15.4 Å². The van der Waals surface area contributed by atoms with Gasteiger partial charge in [0.05, 0.1) is 6.61 Å². The van der Waals surface area contributed by atoms with E-state index in [0.29, 0.717) is 24.7 Å². The van der Waals surface area contributed by atoms with Crippen molar-refractivity contribution in [1.82, 2.24) is 10.6 Å². The van der Waals surface area contributed by atoms with Gasteiger partial charge in [-0.05, 0) is 11.6 Å². The van der Waals surface area contributed by atoms with Crippen LogP contribution in [0.4, 0.5) is 0 Å². The highest BCUT2D eigenvalue weighted by molar-refractivity contribution is 6.31. The van der Waals surface area contributed by atoms with Gasteiger partial charge in [-0.2, -0.15) is 5.26 Å². The SMILES string of the molecule is COCCNC(=O)/C(C#N)=C\NCc1ccccc1Cl. The minimum atomic E-state index is -0.434. The summed E-state index contributed by atoms with van der Waals surface area (Å²) < 4.78 is 4.81. The third-order valence-corrected chi connectivity index (χ3v) is 2.82. The molecule has 1 aromatic rings. The van der Waals surface area contributed by atoms with E-state index in [1.165, 1.54) is 6.20 Å². The van der Waals surface area contributed by atoms with Crippen molar-refractivity contribution >= 4 is 17.5 Å². The summed E-state index contributed by atoms with van der Waals surface area (Å²) in [6.07, 6.45) is 1.38. The Kier molecular flexibility index (Phi) is 7.18. The van der Waals surface area contributed by atoms with E-state index in [1.807, 2.05) is 24.3 Å². The summed E-state index contributed by atoms with van der Waals surface area (Å²) in [5.41, 5.74) is 0.899. The van der Waals surface area contributed by atoms with Crippen LogP contribution in [0.3, 0.4) is 0 Å². The number of nitrogens with one attached hydrogen (secondary N) is 2. The van der Waals surface area contributed by atoms with E-state index in [1.54, 1.807) is 13.2 Å². The van der Waals surface area contributed by atoms with E-state index in [9.17, 15) is 4.79 Å². The number of ether oxygens (including phenoxy) is 1. The lowest BCUT2D eigenvalue weighted by Crippen LogP contribution is -2.28. The predicted octanol–water partition coefficient (Wildman–Crippen LogP) is 1.60. The summed E-state index contributed by atoms with van der Waals surface area (Å²) in [5, 5.41) is 15.0. The number of halogens is 1. The second-order valence-electron chi connectivity index (χ2n) is 3.89. The third-order valence-electron chi connectivity index (χ3n) is 2.45. The molecule has 1 aromatic carbocycles. The summed E-state index contributed by atoms with van der Waals surface area (Å²) in [6, 6.07) is 9.20. The molecule has 20 heavy (non-hydrogen) atoms. The fraction of sp³-hybridized carbons (Fsp3) is 0.286. The molecule has 106 valence electrons. The molecule has 0 aliphatic heterocycles. The molecule has 0 fully saturated rings. The average molecular weight is 294 g/mol. The van der Waals surface area contributed by atoms with E-state index < -0.39 is 5.91 Å². The standard InChI is InChI=1S/C14H16ClN3O2/c1-20-7-6-18-14(19)12(8-16)10-17-9-11-4-2-3-5-13(11)15/h2-5,10,17H,6-7,9H2,1H3,(H,18,19)/b12-10-. The van der Waals surface area contributed by atoms with Crippen LogP contribution in [0.15, 0.2) is 36.0 Å². The van der Waals surface area contributed by atoms with Crippen molar-refractivity contribution < 1.29 is 9.53 Å². The first-order valence-electron chi connectivity index (χ1n) is 6.03. The van der Waals surface area contributed by atoms with Crippen LogP contribution in [-0.4, -0.2) is 26.2 Å². The van der Waals surface area contributed by atoms with E-state index in [2.05, 4.69) is 10.6 Å². The quantitative estimate of drug-likeness (QED) is 0.455. The molecular formula is C14H16ClN3O2. The van der Waals surface area contributed by atoms with Crippen LogP contribution < -0.4 is 10.6 Å². The molecule has 0 atom stereocenters. The molecule has 0 saturated heterocycles. The summed E-state index contributed by atoms with van der Waals surface area (Å²) in [4.78, 5) is 11.6. The second kappa shape index (κ2) is 8.97. The number of carbonyl (C=O) groups is 1. The number of nitriles is 1. The Bertz CT molecular complexity index is 523. The number of rotatable bonds is 7. The molecule has 0 aromatic heterocycles. The van der Waals surface area contributed by atoms with Crippen molar-refractivity contribution in [3.05, 3.63) is 46.6 Å². The minimum absolute atomic E-state index is 0.00755. The van der Waals surface area contributed by atoms with E-state index >= 15 is 0 Å². The fourth-order valence-corrected chi connectivity index (χ4v) is 1.62. The van der Waals surface area contributed by atoms with Gasteiger partial charge in [-0.15, -0.1) is 0 Å². The maximum atomic E-state index is 11.6. The molecule has 6 heteroatoms. The molecule has 0 saturated carbocycles. The summed E-state index contributed by atoms with van der Waals surface area (Å²) in [7, 11) is 1.54. The van der Waals surface area contributed by atoms with Gasteiger partial charge in [-0.1, -0.05) is 29.8 Å². The molecule has 0 spiro atoms. The largest absolute Gasteiger partial charge is 0.386 e. The zero-order valence-corrected chi connectivity index (χ0v) is 11.9. The Balaban J connectivity index is 2.52. The topological polar surface area (TPSA) is 74.1 Å². The highest BCUT2D eigenvalue weighted by atomic mass is 35.5. The molecule has 2 N–H and O–H groups in total. The lowest BCUT2D eigenvalue weighted by molar-refractivity contribution is -0.117.